The minimum Gasteiger partial charge on any atom is -0.395 e. The van der Waals surface area contributed by atoms with Crippen LogP contribution in [0.1, 0.15) is 32.1 Å². The summed E-state index contributed by atoms with van der Waals surface area (Å²) in [6.07, 6.45) is 4.69. The summed E-state index contributed by atoms with van der Waals surface area (Å²) in [7, 11) is 1.64. The number of hydrogen-bond acceptors (Lipinski definition) is 3. The largest absolute Gasteiger partial charge is 0.395 e. The first-order valence-corrected chi connectivity index (χ1v) is 5.69. The third kappa shape index (κ3) is 3.80. The highest BCUT2D eigenvalue weighted by Gasteiger charge is 2.27. The van der Waals surface area contributed by atoms with Gasteiger partial charge in [0.05, 0.1) is 6.61 Å². The van der Waals surface area contributed by atoms with Gasteiger partial charge >= 0.3 is 0 Å². The normalized spacial score (nSPS) is 16.1. The number of rotatable bonds is 7. The number of carbonyl (C=O) groups excluding carboxylic acids is 1. The van der Waals surface area contributed by atoms with Crippen LogP contribution in [0.25, 0.3) is 0 Å². The second kappa shape index (κ2) is 6.80. The zero-order valence-electron chi connectivity index (χ0n) is 9.45. The van der Waals surface area contributed by atoms with Crippen molar-refractivity contribution >= 4 is 5.91 Å². The van der Waals surface area contributed by atoms with Crippen molar-refractivity contribution in [1.82, 2.24) is 4.90 Å². The van der Waals surface area contributed by atoms with E-state index in [0.29, 0.717) is 25.6 Å². The Labute approximate surface area is 91.2 Å². The molecule has 0 heterocycles. The number of methoxy groups -OCH3 is 1. The fourth-order valence-electron chi connectivity index (χ4n) is 1.83. The smallest absolute Gasteiger partial charge is 0.222 e. The van der Waals surface area contributed by atoms with E-state index in [1.807, 2.05) is 4.90 Å². The molecular formula is C11H21NO3. The van der Waals surface area contributed by atoms with Crippen molar-refractivity contribution in [2.75, 3.05) is 26.9 Å². The number of nitrogens with zero attached hydrogens (tertiary/aromatic N) is 1. The van der Waals surface area contributed by atoms with Gasteiger partial charge in [0, 0.05) is 32.7 Å². The van der Waals surface area contributed by atoms with Gasteiger partial charge in [0.2, 0.25) is 5.91 Å². The lowest BCUT2D eigenvalue weighted by molar-refractivity contribution is -0.136. The zero-order chi connectivity index (χ0) is 11.1. The topological polar surface area (TPSA) is 49.8 Å². The molecule has 4 nitrogen and oxygen atoms in total. The van der Waals surface area contributed by atoms with Crippen LogP contribution in [0.15, 0.2) is 0 Å². The van der Waals surface area contributed by atoms with Gasteiger partial charge in [-0.1, -0.05) is 0 Å². The molecule has 15 heavy (non-hydrogen) atoms. The van der Waals surface area contributed by atoms with Crippen molar-refractivity contribution in [1.29, 1.82) is 0 Å². The van der Waals surface area contributed by atoms with Crippen molar-refractivity contribution in [3.63, 3.8) is 0 Å². The quantitative estimate of drug-likeness (QED) is 0.639. The second-order valence-electron chi connectivity index (χ2n) is 3.99. The van der Waals surface area contributed by atoms with Crippen LogP contribution < -0.4 is 0 Å². The molecule has 0 bridgehead atoms. The average molecular weight is 215 g/mol. The van der Waals surface area contributed by atoms with Crippen LogP contribution in [0.4, 0.5) is 0 Å². The van der Waals surface area contributed by atoms with E-state index in [2.05, 4.69) is 0 Å². The van der Waals surface area contributed by atoms with Gasteiger partial charge < -0.3 is 14.7 Å². The predicted molar refractivity (Wildman–Crippen MR) is 57.5 cm³/mol. The molecule has 1 fully saturated rings. The van der Waals surface area contributed by atoms with E-state index >= 15 is 0 Å². The Morgan fingerprint density at radius 3 is 2.73 bits per heavy atom. The molecule has 4 heteroatoms. The molecule has 0 saturated heterocycles. The highest BCUT2D eigenvalue weighted by atomic mass is 16.5. The first-order chi connectivity index (χ1) is 7.29. The predicted octanol–water partition coefficient (Wildman–Crippen LogP) is 0.786. The maximum Gasteiger partial charge on any atom is 0.222 e. The molecule has 0 aliphatic heterocycles. The molecule has 1 N–H and O–H groups in total. The standard InChI is InChI=1S/C11H21NO3/c1-15-9-3-6-11(14)12(7-8-13)10-4-2-5-10/h10,13H,2-9H2,1H3. The monoisotopic (exact) mass is 215 g/mol. The van der Waals surface area contributed by atoms with Gasteiger partial charge in [-0.05, 0) is 25.7 Å². The summed E-state index contributed by atoms with van der Waals surface area (Å²) in [5.41, 5.74) is 0. The third-order valence-electron chi connectivity index (χ3n) is 2.92. The van der Waals surface area contributed by atoms with Crippen LogP contribution in [-0.2, 0) is 9.53 Å². The lowest BCUT2D eigenvalue weighted by atomic mass is 9.91. The summed E-state index contributed by atoms with van der Waals surface area (Å²) in [6, 6.07) is 0.382. The maximum atomic E-state index is 11.8. The number of carbonyl (C=O) groups is 1. The minimum atomic E-state index is 0.0620. The van der Waals surface area contributed by atoms with E-state index in [-0.39, 0.29) is 12.5 Å². The number of aliphatic hydroxyl groups excluding tert-OH is 1. The molecule has 1 saturated carbocycles. The van der Waals surface area contributed by atoms with Crippen molar-refractivity contribution < 1.29 is 14.6 Å². The molecule has 1 rings (SSSR count). The molecule has 1 amide bonds. The van der Waals surface area contributed by atoms with E-state index in [1.54, 1.807) is 7.11 Å². The van der Waals surface area contributed by atoms with Crippen molar-refractivity contribution in [3.05, 3.63) is 0 Å². The van der Waals surface area contributed by atoms with E-state index in [4.69, 9.17) is 9.84 Å². The molecular weight excluding hydrogens is 194 g/mol. The minimum absolute atomic E-state index is 0.0620. The summed E-state index contributed by atoms with van der Waals surface area (Å²) < 4.78 is 4.91. The maximum absolute atomic E-state index is 11.8. The van der Waals surface area contributed by atoms with Gasteiger partial charge in [0.15, 0.2) is 0 Å². The first-order valence-electron chi connectivity index (χ1n) is 5.69. The summed E-state index contributed by atoms with van der Waals surface area (Å²) in [5, 5.41) is 8.91. The van der Waals surface area contributed by atoms with Crippen LogP contribution in [-0.4, -0.2) is 48.8 Å². The van der Waals surface area contributed by atoms with Crippen molar-refractivity contribution in [2.45, 2.75) is 38.1 Å². The van der Waals surface area contributed by atoms with Gasteiger partial charge in [-0.15, -0.1) is 0 Å². The van der Waals surface area contributed by atoms with E-state index < -0.39 is 0 Å². The fourth-order valence-corrected chi connectivity index (χ4v) is 1.83. The molecule has 1 aliphatic carbocycles. The number of amides is 1. The lowest BCUT2D eigenvalue weighted by Gasteiger charge is -2.37. The van der Waals surface area contributed by atoms with E-state index in [1.165, 1.54) is 6.42 Å². The number of ether oxygens (including phenoxy) is 1. The molecule has 0 spiro atoms. The summed E-state index contributed by atoms with van der Waals surface area (Å²) >= 11 is 0. The van der Waals surface area contributed by atoms with Crippen LogP contribution in [0.5, 0.6) is 0 Å². The van der Waals surface area contributed by atoms with Gasteiger partial charge in [-0.3, -0.25) is 4.79 Å². The Bertz CT molecular complexity index is 192. The lowest BCUT2D eigenvalue weighted by Crippen LogP contribution is -2.45. The zero-order valence-corrected chi connectivity index (χ0v) is 9.45. The van der Waals surface area contributed by atoms with Crippen molar-refractivity contribution in [2.24, 2.45) is 0 Å². The van der Waals surface area contributed by atoms with Crippen molar-refractivity contribution in [3.8, 4) is 0 Å². The second-order valence-corrected chi connectivity index (χ2v) is 3.99. The van der Waals surface area contributed by atoms with E-state index in [0.717, 1.165) is 19.3 Å². The Hall–Kier alpha value is -0.610. The van der Waals surface area contributed by atoms with Gasteiger partial charge in [0.25, 0.3) is 0 Å². The van der Waals surface area contributed by atoms with Gasteiger partial charge in [-0.25, -0.2) is 0 Å². The Balaban J connectivity index is 2.29. The summed E-state index contributed by atoms with van der Waals surface area (Å²) in [6.45, 7) is 1.17. The molecule has 1 aliphatic rings. The average Bonchev–Trinajstić information content (AvgIpc) is 2.14. The molecule has 88 valence electrons. The summed E-state index contributed by atoms with van der Waals surface area (Å²) in [5.74, 6) is 0.158. The molecule has 0 aromatic carbocycles. The highest BCUT2D eigenvalue weighted by Crippen LogP contribution is 2.25. The Kier molecular flexibility index (Phi) is 5.65. The SMILES string of the molecule is COCCCC(=O)N(CCO)C1CCC1. The number of hydrogen-bond donors (Lipinski definition) is 1. The molecule has 0 unspecified atom stereocenters. The summed E-state index contributed by atoms with van der Waals surface area (Å²) in [4.78, 5) is 13.6. The van der Waals surface area contributed by atoms with Gasteiger partial charge in [-0.2, -0.15) is 0 Å². The van der Waals surface area contributed by atoms with Crippen LogP contribution >= 0.6 is 0 Å². The molecule has 0 aromatic heterocycles. The highest BCUT2D eigenvalue weighted by molar-refractivity contribution is 5.76. The molecule has 0 radical (unpaired) electrons. The molecule has 0 atom stereocenters. The van der Waals surface area contributed by atoms with Crippen LogP contribution in [0.2, 0.25) is 0 Å². The molecule has 0 aromatic rings. The van der Waals surface area contributed by atoms with Crippen LogP contribution in [0, 0.1) is 0 Å². The fraction of sp³-hybridized carbons (Fsp3) is 0.909. The number of aliphatic hydroxyl groups is 1. The first kappa shape index (κ1) is 12.5. The van der Waals surface area contributed by atoms with Crippen LogP contribution in [0.3, 0.4) is 0 Å². The Morgan fingerprint density at radius 2 is 2.27 bits per heavy atom. The third-order valence-corrected chi connectivity index (χ3v) is 2.92. The van der Waals surface area contributed by atoms with E-state index in [9.17, 15) is 4.79 Å². The Morgan fingerprint density at radius 1 is 1.53 bits per heavy atom. The van der Waals surface area contributed by atoms with Gasteiger partial charge in [0.1, 0.15) is 0 Å².